The van der Waals surface area contributed by atoms with Gasteiger partial charge in [0.2, 0.25) is 0 Å². The van der Waals surface area contributed by atoms with Gasteiger partial charge in [0.25, 0.3) is 0 Å². The molecule has 0 radical (unpaired) electrons. The highest BCUT2D eigenvalue weighted by molar-refractivity contribution is 5.86. The van der Waals surface area contributed by atoms with Gasteiger partial charge in [0.15, 0.2) is 0 Å². The Morgan fingerprint density at radius 3 is 2.14 bits per heavy atom. The van der Waals surface area contributed by atoms with Crippen LogP contribution in [0, 0.1) is 0 Å². The Balaban J connectivity index is 1.83. The van der Waals surface area contributed by atoms with E-state index < -0.39 is 0 Å². The van der Waals surface area contributed by atoms with Gasteiger partial charge in [-0.25, -0.2) is 0 Å². The standard InChI is InChI=1S/C32H55NO3/c1-5-6-7-8-9-10-11-12-13-14-15-16-20-29(30-22-21-28(35-3)26-32(30)36-4)31(34)23-25-33-24-18-17-19-27(33)2/h21-22,26-27,29H,5-20,23-25H2,1-4H3. The molecule has 36 heavy (non-hydrogen) atoms. The first kappa shape index (κ1) is 30.7. The average molecular weight is 502 g/mol. The molecule has 1 aromatic rings. The summed E-state index contributed by atoms with van der Waals surface area (Å²) >= 11 is 0. The molecular weight excluding hydrogens is 446 g/mol. The molecule has 2 rings (SSSR count). The van der Waals surface area contributed by atoms with Crippen LogP contribution < -0.4 is 9.47 Å². The molecule has 0 saturated carbocycles. The van der Waals surface area contributed by atoms with Gasteiger partial charge in [-0.1, -0.05) is 96.5 Å². The van der Waals surface area contributed by atoms with Crippen LogP contribution >= 0.6 is 0 Å². The maximum absolute atomic E-state index is 13.5. The Hall–Kier alpha value is -1.55. The first-order valence-corrected chi connectivity index (χ1v) is 15.1. The molecule has 0 aromatic heterocycles. The lowest BCUT2D eigenvalue weighted by molar-refractivity contribution is -0.121. The summed E-state index contributed by atoms with van der Waals surface area (Å²) in [6.45, 7) is 6.60. The Bertz CT molecular complexity index is 719. The Morgan fingerprint density at radius 2 is 1.56 bits per heavy atom. The highest BCUT2D eigenvalue weighted by atomic mass is 16.5. The first-order valence-electron chi connectivity index (χ1n) is 15.1. The predicted molar refractivity (Wildman–Crippen MR) is 152 cm³/mol. The number of carbonyl (C=O) groups excluding carboxylic acids is 1. The van der Waals surface area contributed by atoms with E-state index in [4.69, 9.17) is 9.47 Å². The molecule has 1 heterocycles. The van der Waals surface area contributed by atoms with Gasteiger partial charge in [0.1, 0.15) is 17.3 Å². The van der Waals surface area contributed by atoms with Crippen LogP contribution in [-0.2, 0) is 4.79 Å². The summed E-state index contributed by atoms with van der Waals surface area (Å²) in [6, 6.07) is 6.53. The summed E-state index contributed by atoms with van der Waals surface area (Å²) in [5, 5.41) is 0. The Labute approximate surface area is 222 Å². The quantitative estimate of drug-likeness (QED) is 0.167. The SMILES string of the molecule is CCCCCCCCCCCCCCC(C(=O)CCN1CCCCC1C)c1ccc(OC)cc1OC. The molecule has 2 atom stereocenters. The van der Waals surface area contributed by atoms with Gasteiger partial charge in [-0.2, -0.15) is 0 Å². The number of Topliss-reactive ketones (excluding diaryl/α,β-unsaturated/α-hetero) is 1. The van der Waals surface area contributed by atoms with E-state index in [1.807, 2.05) is 18.2 Å². The molecule has 4 nitrogen and oxygen atoms in total. The minimum Gasteiger partial charge on any atom is -0.497 e. The zero-order valence-electron chi connectivity index (χ0n) is 24.0. The second-order valence-electron chi connectivity index (χ2n) is 10.9. The minimum absolute atomic E-state index is 0.0888. The van der Waals surface area contributed by atoms with Crippen LogP contribution in [0.25, 0.3) is 0 Å². The molecule has 1 aliphatic rings. The van der Waals surface area contributed by atoms with Crippen LogP contribution in [0.4, 0.5) is 0 Å². The molecule has 0 N–H and O–H groups in total. The summed E-state index contributed by atoms with van der Waals surface area (Å²) in [5.74, 6) is 1.82. The maximum Gasteiger partial charge on any atom is 0.141 e. The number of hydrogen-bond acceptors (Lipinski definition) is 4. The van der Waals surface area contributed by atoms with Gasteiger partial charge in [0.05, 0.1) is 14.2 Å². The van der Waals surface area contributed by atoms with E-state index in [2.05, 4.69) is 18.7 Å². The number of ketones is 1. The van der Waals surface area contributed by atoms with Crippen molar-refractivity contribution in [3.05, 3.63) is 23.8 Å². The lowest BCUT2D eigenvalue weighted by Gasteiger charge is -2.33. The summed E-state index contributed by atoms with van der Waals surface area (Å²) in [6.07, 6.45) is 21.4. The summed E-state index contributed by atoms with van der Waals surface area (Å²) in [5.41, 5.74) is 1.03. The van der Waals surface area contributed by atoms with Gasteiger partial charge < -0.3 is 14.4 Å². The van der Waals surface area contributed by atoms with Crippen LogP contribution in [0.15, 0.2) is 18.2 Å². The highest BCUT2D eigenvalue weighted by Gasteiger charge is 2.26. The van der Waals surface area contributed by atoms with Crippen LogP contribution in [0.2, 0.25) is 0 Å². The third-order valence-corrected chi connectivity index (χ3v) is 8.14. The number of ether oxygens (including phenoxy) is 2. The van der Waals surface area contributed by atoms with Crippen molar-refractivity contribution >= 4 is 5.78 Å². The van der Waals surface area contributed by atoms with E-state index >= 15 is 0 Å². The topological polar surface area (TPSA) is 38.8 Å². The number of nitrogens with zero attached hydrogens (tertiary/aromatic N) is 1. The zero-order chi connectivity index (χ0) is 26.0. The van der Waals surface area contributed by atoms with Crippen LogP contribution in [-0.4, -0.2) is 44.0 Å². The van der Waals surface area contributed by atoms with Gasteiger partial charge in [-0.15, -0.1) is 0 Å². The third kappa shape index (κ3) is 11.2. The van der Waals surface area contributed by atoms with Crippen molar-refractivity contribution in [2.24, 2.45) is 0 Å². The van der Waals surface area contributed by atoms with E-state index in [1.54, 1.807) is 14.2 Å². The molecule has 0 spiro atoms. The molecule has 1 fully saturated rings. The van der Waals surface area contributed by atoms with Crippen molar-refractivity contribution in [3.63, 3.8) is 0 Å². The number of rotatable bonds is 20. The molecule has 1 aromatic carbocycles. The monoisotopic (exact) mass is 501 g/mol. The molecular formula is C32H55NO3. The van der Waals surface area contributed by atoms with E-state index in [1.165, 1.54) is 89.9 Å². The summed E-state index contributed by atoms with van der Waals surface area (Å²) in [4.78, 5) is 16.0. The fraction of sp³-hybridized carbons (Fsp3) is 0.781. The van der Waals surface area contributed by atoms with Gasteiger partial charge in [-0.05, 0) is 38.8 Å². The summed E-state index contributed by atoms with van der Waals surface area (Å²) in [7, 11) is 3.36. The molecule has 0 aliphatic carbocycles. The highest BCUT2D eigenvalue weighted by Crippen LogP contribution is 2.35. The smallest absolute Gasteiger partial charge is 0.141 e. The number of piperidine rings is 1. The first-order chi connectivity index (χ1) is 17.6. The fourth-order valence-corrected chi connectivity index (χ4v) is 5.70. The Kier molecular flexibility index (Phi) is 15.9. The maximum atomic E-state index is 13.5. The molecule has 206 valence electrons. The van der Waals surface area contributed by atoms with Crippen LogP contribution in [0.1, 0.15) is 134 Å². The molecule has 0 bridgehead atoms. The minimum atomic E-state index is -0.0888. The second-order valence-corrected chi connectivity index (χ2v) is 10.9. The summed E-state index contributed by atoms with van der Waals surface area (Å²) < 4.78 is 11.1. The van der Waals surface area contributed by atoms with E-state index in [0.717, 1.165) is 43.0 Å². The molecule has 4 heteroatoms. The van der Waals surface area contributed by atoms with Crippen molar-refractivity contribution < 1.29 is 14.3 Å². The Morgan fingerprint density at radius 1 is 0.917 bits per heavy atom. The van der Waals surface area contributed by atoms with E-state index in [-0.39, 0.29) is 5.92 Å². The molecule has 2 unspecified atom stereocenters. The number of methoxy groups -OCH3 is 2. The van der Waals surface area contributed by atoms with Crippen LogP contribution in [0.3, 0.4) is 0 Å². The number of carbonyl (C=O) groups is 1. The van der Waals surface area contributed by atoms with E-state index in [9.17, 15) is 4.79 Å². The lowest BCUT2D eigenvalue weighted by Crippen LogP contribution is -2.39. The van der Waals surface area contributed by atoms with Crippen molar-refractivity contribution in [1.82, 2.24) is 4.90 Å². The number of hydrogen-bond donors (Lipinski definition) is 0. The average Bonchev–Trinajstić information content (AvgIpc) is 2.90. The van der Waals surface area contributed by atoms with Gasteiger partial charge >= 0.3 is 0 Å². The second kappa shape index (κ2) is 18.7. The van der Waals surface area contributed by atoms with Gasteiger partial charge in [0, 0.05) is 36.6 Å². The van der Waals surface area contributed by atoms with Crippen molar-refractivity contribution in [1.29, 1.82) is 0 Å². The van der Waals surface area contributed by atoms with Crippen molar-refractivity contribution in [2.45, 2.75) is 135 Å². The van der Waals surface area contributed by atoms with E-state index in [0.29, 0.717) is 18.2 Å². The predicted octanol–water partition coefficient (Wildman–Crippen LogP) is 8.71. The lowest BCUT2D eigenvalue weighted by atomic mass is 9.87. The largest absolute Gasteiger partial charge is 0.497 e. The number of benzene rings is 1. The zero-order valence-corrected chi connectivity index (χ0v) is 24.0. The van der Waals surface area contributed by atoms with Crippen molar-refractivity contribution in [2.75, 3.05) is 27.3 Å². The fourth-order valence-electron chi connectivity index (χ4n) is 5.70. The van der Waals surface area contributed by atoms with Crippen molar-refractivity contribution in [3.8, 4) is 11.5 Å². The third-order valence-electron chi connectivity index (χ3n) is 8.14. The van der Waals surface area contributed by atoms with Crippen LogP contribution in [0.5, 0.6) is 11.5 Å². The molecule has 1 saturated heterocycles. The normalized spacial score (nSPS) is 17.2. The number of likely N-dealkylation sites (tertiary alicyclic amines) is 1. The van der Waals surface area contributed by atoms with Gasteiger partial charge in [-0.3, -0.25) is 4.79 Å². The number of unbranched alkanes of at least 4 members (excludes halogenated alkanes) is 11. The molecule has 1 aliphatic heterocycles. The molecule has 0 amide bonds.